The van der Waals surface area contributed by atoms with Gasteiger partial charge in [-0.3, -0.25) is 0 Å². The van der Waals surface area contributed by atoms with Crippen LogP contribution in [-0.4, -0.2) is 59.7 Å². The minimum atomic E-state index is -1.47. The number of ether oxygens (including phenoxy) is 1. The maximum absolute atomic E-state index is 6.59. The van der Waals surface area contributed by atoms with Gasteiger partial charge in [-0.1, -0.05) is 46.9 Å². The van der Waals surface area contributed by atoms with Crippen LogP contribution >= 0.6 is 0 Å². The third-order valence-electron chi connectivity index (χ3n) is 5.64. The van der Waals surface area contributed by atoms with Crippen molar-refractivity contribution >= 4 is 42.3 Å². The topological polar surface area (TPSA) is 28.3 Å². The van der Waals surface area contributed by atoms with Crippen molar-refractivity contribution in [3.05, 3.63) is 65.9 Å². The van der Waals surface area contributed by atoms with E-state index in [9.17, 15) is 0 Å². The number of aromatic nitrogens is 1. The minimum Gasteiger partial charge on any atom is -0.488 e. The average Bonchev–Trinajstić information content (AvgIpc) is 3.37. The molecule has 2 heterocycles. The van der Waals surface area contributed by atoms with Gasteiger partial charge in [-0.2, -0.15) is 0 Å². The van der Waals surface area contributed by atoms with Gasteiger partial charge in [-0.15, -0.1) is 0 Å². The zero-order chi connectivity index (χ0) is 19.8. The molecule has 1 aliphatic rings. The summed E-state index contributed by atoms with van der Waals surface area (Å²) in [6, 6.07) is 15.8. The van der Waals surface area contributed by atoms with Crippen LogP contribution in [0.25, 0.3) is 10.9 Å². The second-order valence-corrected chi connectivity index (χ2v) is 7.54. The molecule has 0 spiro atoms. The molecule has 0 bridgehead atoms. The van der Waals surface area contributed by atoms with Crippen molar-refractivity contribution in [3.63, 3.8) is 0 Å². The minimum absolute atomic E-state index is 0.440. The second-order valence-electron chi connectivity index (χ2n) is 7.54. The fourth-order valence-corrected chi connectivity index (χ4v) is 3.90. The summed E-state index contributed by atoms with van der Waals surface area (Å²) in [5.74, 6) is 0.690. The number of hydrogen-bond acceptors (Lipinski definition) is 2. The molecule has 0 aliphatic carbocycles. The lowest BCUT2D eigenvalue weighted by atomic mass is 9.31. The number of nitrogens with one attached hydrogen (secondary N) is 1. The molecule has 1 fully saturated rings. The number of fused-ring (bicyclic) bond motifs is 1. The van der Waals surface area contributed by atoms with Crippen LogP contribution in [0.2, 0.25) is 0 Å². The number of aromatic amines is 1. The highest BCUT2D eigenvalue weighted by atomic mass is 16.5. The van der Waals surface area contributed by atoms with Crippen LogP contribution in [0.5, 0.6) is 5.75 Å². The molecule has 1 aromatic heterocycles. The smallest absolute Gasteiger partial charge is 0.129 e. The fourth-order valence-electron chi connectivity index (χ4n) is 3.90. The Kier molecular flexibility index (Phi) is 5.13. The molecule has 1 N–H and O–H groups in total. The quantitative estimate of drug-likeness (QED) is 0.684. The normalized spacial score (nSPS) is 15.9. The van der Waals surface area contributed by atoms with Gasteiger partial charge in [-0.25, -0.2) is 0 Å². The van der Waals surface area contributed by atoms with Crippen LogP contribution in [0.3, 0.4) is 0 Å². The molecule has 0 saturated carbocycles. The van der Waals surface area contributed by atoms with Crippen LogP contribution in [0.15, 0.2) is 54.7 Å². The first kappa shape index (κ1) is 19.3. The van der Waals surface area contributed by atoms with Crippen LogP contribution in [0.1, 0.15) is 24.0 Å². The van der Waals surface area contributed by atoms with Gasteiger partial charge in [0.25, 0.3) is 0 Å². The van der Waals surface area contributed by atoms with Crippen molar-refractivity contribution in [2.75, 3.05) is 13.1 Å². The van der Waals surface area contributed by atoms with Gasteiger partial charge in [0.15, 0.2) is 0 Å². The van der Waals surface area contributed by atoms with Crippen molar-refractivity contribution in [2.45, 2.75) is 30.0 Å². The number of nitrogens with zero attached hydrogens (tertiary/aromatic N) is 1. The van der Waals surface area contributed by atoms with Gasteiger partial charge >= 0.3 is 0 Å². The summed E-state index contributed by atoms with van der Waals surface area (Å²) in [5.41, 5.74) is 2.59. The third-order valence-corrected chi connectivity index (χ3v) is 5.64. The summed E-state index contributed by atoms with van der Waals surface area (Å²) in [7, 11) is 26.2. The average molecular weight is 360 g/mol. The predicted octanol–water partition coefficient (Wildman–Crippen LogP) is 2.32. The Bertz CT molecular complexity index is 949. The van der Waals surface area contributed by atoms with Gasteiger partial charge in [0.2, 0.25) is 0 Å². The number of H-pyrrole nitrogens is 1. The highest BCUT2D eigenvalue weighted by molar-refractivity contribution is 6.54. The molecule has 4 rings (SSSR count). The molecular weight excluding hydrogens is 339 g/mol. The molecule has 7 heteroatoms. The summed E-state index contributed by atoms with van der Waals surface area (Å²) in [4.78, 5) is 5.18. The van der Waals surface area contributed by atoms with Gasteiger partial charge in [0, 0.05) is 17.1 Å². The lowest BCUT2D eigenvalue weighted by Crippen LogP contribution is -2.64. The number of likely N-dealkylation sites (tertiary alicyclic amines) is 1. The SMILES string of the molecule is [B]C([B])(c1c[nH]c2cccc(OCc3ccccc3)c12)C([B])([B])N1CCCC1. The third kappa shape index (κ3) is 3.30. The largest absolute Gasteiger partial charge is 0.488 e. The summed E-state index contributed by atoms with van der Waals surface area (Å²) < 4.78 is 6.11. The first-order valence-electron chi connectivity index (χ1n) is 9.59. The Balaban J connectivity index is 1.71. The van der Waals surface area contributed by atoms with E-state index in [4.69, 9.17) is 36.1 Å². The molecule has 2 aromatic carbocycles. The highest BCUT2D eigenvalue weighted by Gasteiger charge is 2.42. The molecule has 0 atom stereocenters. The second kappa shape index (κ2) is 7.44. The molecule has 132 valence electrons. The van der Waals surface area contributed by atoms with E-state index in [1.807, 2.05) is 53.4 Å². The van der Waals surface area contributed by atoms with Crippen molar-refractivity contribution < 1.29 is 4.74 Å². The van der Waals surface area contributed by atoms with E-state index in [1.165, 1.54) is 0 Å². The fraction of sp³-hybridized carbons (Fsp3) is 0.333. The first-order chi connectivity index (χ1) is 13.4. The van der Waals surface area contributed by atoms with Crippen molar-refractivity contribution in [2.24, 2.45) is 0 Å². The van der Waals surface area contributed by atoms with E-state index < -0.39 is 10.6 Å². The Hall–Kier alpha value is -2.00. The van der Waals surface area contributed by atoms with Crippen LogP contribution < -0.4 is 4.74 Å². The van der Waals surface area contributed by atoms with E-state index in [1.54, 1.807) is 6.20 Å². The molecule has 3 aromatic rings. The zero-order valence-electron chi connectivity index (χ0n) is 15.9. The van der Waals surface area contributed by atoms with Crippen molar-refractivity contribution in [1.29, 1.82) is 0 Å². The van der Waals surface area contributed by atoms with Gasteiger partial charge in [-0.05, 0) is 49.2 Å². The molecule has 3 nitrogen and oxygen atoms in total. The van der Waals surface area contributed by atoms with Crippen molar-refractivity contribution in [3.8, 4) is 5.75 Å². The molecule has 1 saturated heterocycles. The van der Waals surface area contributed by atoms with Crippen molar-refractivity contribution in [1.82, 2.24) is 9.88 Å². The van der Waals surface area contributed by atoms with Crippen LogP contribution in [0.4, 0.5) is 0 Å². The molecule has 28 heavy (non-hydrogen) atoms. The zero-order valence-corrected chi connectivity index (χ0v) is 15.9. The predicted molar refractivity (Wildman–Crippen MR) is 117 cm³/mol. The van der Waals surface area contributed by atoms with E-state index in [-0.39, 0.29) is 0 Å². The molecule has 8 radical (unpaired) electrons. The Morgan fingerprint density at radius 2 is 1.64 bits per heavy atom. The summed E-state index contributed by atoms with van der Waals surface area (Å²) >= 11 is 0. The summed E-state index contributed by atoms with van der Waals surface area (Å²) in [6.45, 7) is 2.00. The number of benzene rings is 2. The van der Waals surface area contributed by atoms with Gasteiger partial charge in [0.05, 0.1) is 31.4 Å². The standard InChI is InChI=1S/C21H20B4N2O/c22-20(23,21(24,25)27-11-4-5-12-27)16-13-26-17-9-6-10-18(19(16)17)28-14-15-7-2-1-3-8-15/h1-3,6-10,13,26H,4-5,11-12,14H2. The Morgan fingerprint density at radius 3 is 2.36 bits per heavy atom. The molecular formula is C21H20B4N2O. The summed E-state index contributed by atoms with van der Waals surface area (Å²) in [5, 5.41) is -2.05. The van der Waals surface area contributed by atoms with E-state index >= 15 is 0 Å². The maximum Gasteiger partial charge on any atom is 0.129 e. The number of rotatable bonds is 6. The highest BCUT2D eigenvalue weighted by Crippen LogP contribution is 2.39. The van der Waals surface area contributed by atoms with Gasteiger partial charge in [0.1, 0.15) is 12.4 Å². The van der Waals surface area contributed by atoms with Crippen LogP contribution in [-0.2, 0) is 11.8 Å². The lowest BCUT2D eigenvalue weighted by molar-refractivity contribution is 0.255. The van der Waals surface area contributed by atoms with Crippen LogP contribution in [0, 0.1) is 0 Å². The van der Waals surface area contributed by atoms with E-state index in [0.717, 1.165) is 42.4 Å². The lowest BCUT2D eigenvalue weighted by Gasteiger charge is -2.50. The molecule has 1 aliphatic heterocycles. The number of hydrogen-bond donors (Lipinski definition) is 1. The Labute approximate surface area is 171 Å². The molecule has 0 unspecified atom stereocenters. The van der Waals surface area contributed by atoms with Gasteiger partial charge < -0.3 is 14.6 Å². The Morgan fingerprint density at radius 1 is 0.929 bits per heavy atom. The van der Waals surface area contributed by atoms with E-state index in [2.05, 4.69) is 4.98 Å². The monoisotopic (exact) mass is 360 g/mol. The maximum atomic E-state index is 6.59. The van der Waals surface area contributed by atoms with E-state index in [0.29, 0.717) is 17.9 Å². The molecule has 0 amide bonds. The first-order valence-corrected chi connectivity index (χ1v) is 9.59. The summed E-state index contributed by atoms with van der Waals surface area (Å²) in [6.07, 6.45) is 3.85.